The number of aliphatic hydroxyl groups is 1. The van der Waals surface area contributed by atoms with Gasteiger partial charge in [0, 0.05) is 23.5 Å². The molecule has 11 heteroatoms. The number of hydrogen-bond acceptors (Lipinski definition) is 7. The van der Waals surface area contributed by atoms with Crippen molar-refractivity contribution in [2.24, 2.45) is 11.8 Å². The van der Waals surface area contributed by atoms with Gasteiger partial charge in [-0.15, -0.1) is 13.2 Å². The lowest BCUT2D eigenvalue weighted by Gasteiger charge is -2.39. The van der Waals surface area contributed by atoms with Crippen LogP contribution in [0, 0.1) is 25.7 Å². The highest BCUT2D eigenvalue weighted by molar-refractivity contribution is 9.09. The van der Waals surface area contributed by atoms with Gasteiger partial charge in [0.05, 0.1) is 37.1 Å². The monoisotopic (exact) mass is 735 g/mol. The Balaban J connectivity index is 1.52. The van der Waals surface area contributed by atoms with Gasteiger partial charge >= 0.3 is 5.97 Å². The van der Waals surface area contributed by atoms with Crippen LogP contribution in [-0.2, 0) is 28.7 Å². The van der Waals surface area contributed by atoms with Crippen LogP contribution in [0.1, 0.15) is 55.4 Å². The van der Waals surface area contributed by atoms with Crippen molar-refractivity contribution in [3.63, 3.8) is 0 Å². The molecule has 0 saturated carbocycles. The van der Waals surface area contributed by atoms with Crippen LogP contribution in [0.5, 0.6) is 0 Å². The second-order valence-electron chi connectivity index (χ2n) is 13.1. The zero-order valence-corrected chi connectivity index (χ0v) is 29.9. The molecule has 3 amide bonds. The summed E-state index contributed by atoms with van der Waals surface area (Å²) in [5.41, 5.74) is 1.86. The van der Waals surface area contributed by atoms with E-state index in [4.69, 9.17) is 9.47 Å². The lowest BCUT2D eigenvalue weighted by atomic mass is 9.70. The molecular formula is C38H46BrN3O7. The number of anilines is 1. The maximum atomic E-state index is 14.9. The Hall–Kier alpha value is -3.80. The number of aryl methyl sites for hydroxylation is 2. The second kappa shape index (κ2) is 15.4. The number of carbonyl (C=O) groups excluding carboxylic acids is 4. The average Bonchev–Trinajstić information content (AvgIpc) is 3.69. The zero-order valence-electron chi connectivity index (χ0n) is 28.3. The first-order chi connectivity index (χ1) is 23.5. The molecule has 0 aromatic heterocycles. The smallest absolute Gasteiger partial charge is 0.313 e. The Morgan fingerprint density at radius 2 is 1.92 bits per heavy atom. The van der Waals surface area contributed by atoms with Gasteiger partial charge in [-0.3, -0.25) is 19.2 Å². The molecule has 3 heterocycles. The first kappa shape index (κ1) is 36.5. The van der Waals surface area contributed by atoms with Crippen LogP contribution in [0.2, 0.25) is 0 Å². The van der Waals surface area contributed by atoms with E-state index < -0.39 is 53.6 Å². The van der Waals surface area contributed by atoms with Gasteiger partial charge < -0.3 is 29.7 Å². The van der Waals surface area contributed by atoms with Crippen molar-refractivity contribution in [3.05, 3.63) is 90.5 Å². The summed E-state index contributed by atoms with van der Waals surface area (Å²) in [5.74, 6) is -3.68. The minimum atomic E-state index is -1.35. The Labute approximate surface area is 296 Å². The van der Waals surface area contributed by atoms with Gasteiger partial charge in [0.2, 0.25) is 11.8 Å². The molecule has 3 fully saturated rings. The third kappa shape index (κ3) is 6.85. The number of aliphatic hydroxyl groups excluding tert-OH is 1. The van der Waals surface area contributed by atoms with E-state index in [1.807, 2.05) is 69.3 Å². The minimum absolute atomic E-state index is 0.0352. The molecule has 262 valence electrons. The number of esters is 1. The van der Waals surface area contributed by atoms with Crippen molar-refractivity contribution in [2.75, 3.05) is 24.6 Å². The number of benzene rings is 2. The van der Waals surface area contributed by atoms with Crippen molar-refractivity contribution >= 4 is 45.3 Å². The average molecular weight is 737 g/mol. The number of rotatable bonds is 15. The lowest BCUT2D eigenvalue weighted by Crippen LogP contribution is -2.59. The lowest BCUT2D eigenvalue weighted by molar-refractivity contribution is -0.160. The van der Waals surface area contributed by atoms with Crippen molar-refractivity contribution in [1.29, 1.82) is 0 Å². The van der Waals surface area contributed by atoms with Gasteiger partial charge in [-0.2, -0.15) is 0 Å². The molecule has 0 radical (unpaired) electrons. The number of nitrogens with one attached hydrogen (secondary N) is 1. The van der Waals surface area contributed by atoms with E-state index in [2.05, 4.69) is 34.4 Å². The summed E-state index contributed by atoms with van der Waals surface area (Å²) in [6.45, 7) is 13.1. The third-order valence-electron chi connectivity index (χ3n) is 10.0. The molecule has 0 aliphatic carbocycles. The molecule has 8 atom stereocenters. The number of fused-ring (bicyclic) bond motifs is 1. The summed E-state index contributed by atoms with van der Waals surface area (Å²) in [6.07, 6.45) is 3.19. The minimum Gasteiger partial charge on any atom is -0.455 e. The van der Waals surface area contributed by atoms with Crippen LogP contribution in [0.25, 0.3) is 0 Å². The van der Waals surface area contributed by atoms with Crippen molar-refractivity contribution in [2.45, 2.75) is 81.2 Å². The van der Waals surface area contributed by atoms with E-state index in [0.717, 1.165) is 11.1 Å². The van der Waals surface area contributed by atoms with E-state index in [1.54, 1.807) is 17.1 Å². The van der Waals surface area contributed by atoms with E-state index in [-0.39, 0.29) is 42.8 Å². The molecule has 3 saturated heterocycles. The fraction of sp³-hybridized carbons (Fsp3) is 0.474. The van der Waals surface area contributed by atoms with Crippen LogP contribution in [0.4, 0.5) is 5.69 Å². The highest BCUT2D eigenvalue weighted by Gasteiger charge is 2.77. The number of likely N-dealkylation sites (tertiary alicyclic amines) is 1. The molecule has 2 bridgehead atoms. The Kier molecular flexibility index (Phi) is 11.5. The summed E-state index contributed by atoms with van der Waals surface area (Å²) >= 11 is 3.72. The number of alkyl halides is 1. The van der Waals surface area contributed by atoms with Crippen molar-refractivity contribution < 1.29 is 33.8 Å². The first-order valence-electron chi connectivity index (χ1n) is 16.9. The summed E-state index contributed by atoms with van der Waals surface area (Å²) < 4.78 is 12.9. The van der Waals surface area contributed by atoms with E-state index in [1.165, 1.54) is 4.90 Å². The SMILES string of the molecule is C=CCCC(=O)NC[C@H](OC(=O)[C@@H]1[C@H]2O[C@@]3(CC2Br)[C@H](C(=O)N(CC=C)c2cc(C)ccc2C)N([C@@H](CC)CO)C(=O)[C@@H]13)c1ccccc1. The van der Waals surface area contributed by atoms with Crippen LogP contribution >= 0.6 is 15.9 Å². The summed E-state index contributed by atoms with van der Waals surface area (Å²) in [6, 6.07) is 13.2. The van der Waals surface area contributed by atoms with Crippen LogP contribution in [-0.4, -0.2) is 82.0 Å². The Morgan fingerprint density at radius 1 is 1.18 bits per heavy atom. The largest absolute Gasteiger partial charge is 0.455 e. The fourth-order valence-corrected chi connectivity index (χ4v) is 8.60. The maximum absolute atomic E-state index is 14.9. The topological polar surface area (TPSA) is 125 Å². The summed E-state index contributed by atoms with van der Waals surface area (Å²) in [7, 11) is 0. The number of allylic oxidation sites excluding steroid dienone is 1. The van der Waals surface area contributed by atoms with Gasteiger partial charge in [0.15, 0.2) is 0 Å². The molecular weight excluding hydrogens is 690 g/mol. The van der Waals surface area contributed by atoms with Gasteiger partial charge in [-0.25, -0.2) is 0 Å². The van der Waals surface area contributed by atoms with Crippen LogP contribution < -0.4 is 10.2 Å². The predicted molar refractivity (Wildman–Crippen MR) is 190 cm³/mol. The molecule has 3 aliphatic heterocycles. The Bertz CT molecular complexity index is 1580. The summed E-state index contributed by atoms with van der Waals surface area (Å²) in [5, 5.41) is 13.3. The van der Waals surface area contributed by atoms with Crippen molar-refractivity contribution in [1.82, 2.24) is 10.2 Å². The molecule has 2 aromatic carbocycles. The molecule has 2 aromatic rings. The third-order valence-corrected chi connectivity index (χ3v) is 10.9. The molecule has 10 nitrogen and oxygen atoms in total. The number of amides is 3. The first-order valence-corrected chi connectivity index (χ1v) is 17.8. The number of nitrogens with zero attached hydrogens (tertiary/aromatic N) is 2. The molecule has 3 aliphatic rings. The zero-order chi connectivity index (χ0) is 35.5. The quantitative estimate of drug-likeness (QED) is 0.154. The molecule has 5 rings (SSSR count). The molecule has 1 spiro atoms. The summed E-state index contributed by atoms with van der Waals surface area (Å²) in [4.78, 5) is 59.1. The van der Waals surface area contributed by atoms with Crippen LogP contribution in [0.3, 0.4) is 0 Å². The van der Waals surface area contributed by atoms with E-state index in [9.17, 15) is 24.3 Å². The number of halogens is 1. The maximum Gasteiger partial charge on any atom is 0.313 e. The fourth-order valence-electron chi connectivity index (χ4n) is 7.66. The van der Waals surface area contributed by atoms with Crippen LogP contribution in [0.15, 0.2) is 73.8 Å². The molecule has 49 heavy (non-hydrogen) atoms. The van der Waals surface area contributed by atoms with Crippen molar-refractivity contribution in [3.8, 4) is 0 Å². The second-order valence-corrected chi connectivity index (χ2v) is 14.3. The highest BCUT2D eigenvalue weighted by Crippen LogP contribution is 2.61. The highest BCUT2D eigenvalue weighted by atomic mass is 79.9. The number of ether oxygens (including phenoxy) is 2. The van der Waals surface area contributed by atoms with E-state index >= 15 is 0 Å². The predicted octanol–water partition coefficient (Wildman–Crippen LogP) is 4.71. The molecule has 1 unspecified atom stereocenters. The van der Waals surface area contributed by atoms with Gasteiger partial charge in [-0.05, 0) is 55.9 Å². The van der Waals surface area contributed by atoms with Gasteiger partial charge in [0.25, 0.3) is 5.91 Å². The Morgan fingerprint density at radius 3 is 2.57 bits per heavy atom. The number of carbonyl (C=O) groups is 4. The standard InChI is InChI=1S/C38H46BrN3O7/c1-6-9-15-30(44)40-21-29(25-13-11-10-12-14-25)48-37(47)31-32-35(45)42(26(8-3)22-43)34(38(32)20-27(39)33(31)49-38)36(46)41(18-7-2)28-19-23(4)16-17-24(28)5/h6-7,10-14,16-17,19,26-27,29,31-34,43H,1-2,8-9,15,18,20-22H2,3-5H3,(H,40,44)/t26-,27?,29-,31-,32+,33-,34-,38+/m0/s1. The molecule has 2 N–H and O–H groups in total. The van der Waals surface area contributed by atoms with Gasteiger partial charge in [0.1, 0.15) is 17.7 Å². The normalized spacial score (nSPS) is 26.5. The van der Waals surface area contributed by atoms with E-state index in [0.29, 0.717) is 30.5 Å². The number of hydrogen-bond donors (Lipinski definition) is 2. The van der Waals surface area contributed by atoms with Gasteiger partial charge in [-0.1, -0.05) is 77.5 Å².